The van der Waals surface area contributed by atoms with E-state index in [1.165, 1.54) is 24.5 Å². The lowest BCUT2D eigenvalue weighted by Crippen LogP contribution is -2.10. The second-order valence-corrected chi connectivity index (χ2v) is 3.91. The van der Waals surface area contributed by atoms with E-state index in [4.69, 9.17) is 0 Å². The Morgan fingerprint density at radius 2 is 2.21 bits per heavy atom. The lowest BCUT2D eigenvalue weighted by molar-refractivity contribution is -0.384. The van der Waals surface area contributed by atoms with Gasteiger partial charge in [0.1, 0.15) is 11.5 Å². The molecule has 0 bridgehead atoms. The zero-order valence-corrected chi connectivity index (χ0v) is 10.1. The topological polar surface area (TPSA) is 81.0 Å². The van der Waals surface area contributed by atoms with Gasteiger partial charge in [-0.3, -0.25) is 20.1 Å². The number of benzene rings is 1. The first-order valence-corrected chi connectivity index (χ1v) is 5.54. The summed E-state index contributed by atoms with van der Waals surface area (Å²) < 4.78 is 13.0. The minimum Gasteiger partial charge on any atom is -0.371 e. The minimum atomic E-state index is -0.649. The van der Waals surface area contributed by atoms with Crippen LogP contribution in [-0.2, 0) is 0 Å². The highest BCUT2D eigenvalue weighted by Gasteiger charge is 2.17. The van der Waals surface area contributed by atoms with Gasteiger partial charge in [-0.05, 0) is 19.1 Å². The molecule has 1 aromatic heterocycles. The number of aromatic nitrogens is 2. The van der Waals surface area contributed by atoms with Crippen LogP contribution in [0.2, 0.25) is 0 Å². The van der Waals surface area contributed by atoms with E-state index in [1.807, 2.05) is 0 Å². The molecule has 1 unspecified atom stereocenters. The molecule has 2 rings (SSSR count). The van der Waals surface area contributed by atoms with Gasteiger partial charge in [-0.2, -0.15) is 0 Å². The molecule has 1 N–H and O–H groups in total. The number of anilines is 1. The number of nitrogens with one attached hydrogen (secondary N) is 1. The van der Waals surface area contributed by atoms with Crippen molar-refractivity contribution in [3.63, 3.8) is 0 Å². The van der Waals surface area contributed by atoms with Crippen LogP contribution < -0.4 is 5.32 Å². The smallest absolute Gasteiger partial charge is 0.295 e. The van der Waals surface area contributed by atoms with Crippen molar-refractivity contribution in [1.29, 1.82) is 0 Å². The molecule has 0 aliphatic heterocycles. The molecule has 6 nitrogen and oxygen atoms in total. The molecule has 0 saturated heterocycles. The van der Waals surface area contributed by atoms with Crippen LogP contribution in [0.4, 0.5) is 15.8 Å². The average molecular weight is 262 g/mol. The Bertz CT molecular complexity index is 592. The Labute approximate surface area is 108 Å². The van der Waals surface area contributed by atoms with Crippen LogP contribution in [-0.4, -0.2) is 14.9 Å². The summed E-state index contributed by atoms with van der Waals surface area (Å²) in [6.07, 6.45) is 4.64. The predicted molar refractivity (Wildman–Crippen MR) is 67.1 cm³/mol. The van der Waals surface area contributed by atoms with E-state index in [0.29, 0.717) is 5.69 Å². The van der Waals surface area contributed by atoms with Gasteiger partial charge < -0.3 is 5.32 Å². The molecule has 0 radical (unpaired) electrons. The van der Waals surface area contributed by atoms with Crippen molar-refractivity contribution >= 4 is 11.4 Å². The van der Waals surface area contributed by atoms with Crippen molar-refractivity contribution in [2.24, 2.45) is 0 Å². The van der Waals surface area contributed by atoms with Crippen LogP contribution in [0.3, 0.4) is 0 Å². The second kappa shape index (κ2) is 5.38. The van der Waals surface area contributed by atoms with Crippen molar-refractivity contribution in [2.45, 2.75) is 13.0 Å². The molecule has 7 heteroatoms. The molecule has 0 saturated carbocycles. The third-order valence-electron chi connectivity index (χ3n) is 2.56. The van der Waals surface area contributed by atoms with Crippen molar-refractivity contribution in [3.8, 4) is 0 Å². The molecule has 1 heterocycles. The van der Waals surface area contributed by atoms with Crippen LogP contribution in [0.15, 0.2) is 36.8 Å². The van der Waals surface area contributed by atoms with E-state index < -0.39 is 10.7 Å². The molecule has 0 aliphatic carbocycles. The van der Waals surface area contributed by atoms with Crippen LogP contribution in [0.5, 0.6) is 0 Å². The molecule has 1 aromatic carbocycles. The van der Waals surface area contributed by atoms with Gasteiger partial charge in [-0.25, -0.2) is 4.39 Å². The SMILES string of the molecule is CC(Nc1ccc(F)cc1[N+](=O)[O-])c1cnccn1. The molecule has 0 amide bonds. The summed E-state index contributed by atoms with van der Waals surface area (Å²) in [5, 5.41) is 13.8. The molecule has 0 fully saturated rings. The van der Waals surface area contributed by atoms with Crippen molar-refractivity contribution in [1.82, 2.24) is 9.97 Å². The van der Waals surface area contributed by atoms with E-state index in [2.05, 4.69) is 15.3 Å². The Balaban J connectivity index is 2.26. The van der Waals surface area contributed by atoms with E-state index in [1.54, 1.807) is 13.1 Å². The lowest BCUT2D eigenvalue weighted by atomic mass is 10.2. The quantitative estimate of drug-likeness (QED) is 0.676. The highest BCUT2D eigenvalue weighted by Crippen LogP contribution is 2.28. The molecule has 2 aromatic rings. The van der Waals surface area contributed by atoms with Crippen molar-refractivity contribution in [2.75, 3.05) is 5.32 Å². The summed E-state index contributed by atoms with van der Waals surface area (Å²) in [5.74, 6) is -0.649. The molecule has 0 spiro atoms. The molecule has 98 valence electrons. The first-order valence-electron chi connectivity index (χ1n) is 5.54. The minimum absolute atomic E-state index is 0.240. The number of hydrogen-bond acceptors (Lipinski definition) is 5. The Morgan fingerprint density at radius 3 is 2.84 bits per heavy atom. The number of halogens is 1. The summed E-state index contributed by atoms with van der Waals surface area (Å²) in [6.45, 7) is 1.79. The summed E-state index contributed by atoms with van der Waals surface area (Å²) >= 11 is 0. The zero-order valence-electron chi connectivity index (χ0n) is 10.1. The summed E-state index contributed by atoms with van der Waals surface area (Å²) in [5.41, 5.74) is 0.571. The predicted octanol–water partition coefficient (Wildman–Crippen LogP) is 2.70. The summed E-state index contributed by atoms with van der Waals surface area (Å²) in [4.78, 5) is 18.3. The van der Waals surface area contributed by atoms with Gasteiger partial charge >= 0.3 is 0 Å². The highest BCUT2D eigenvalue weighted by molar-refractivity contribution is 5.62. The summed E-state index contributed by atoms with van der Waals surface area (Å²) in [7, 11) is 0. The average Bonchev–Trinajstić information content (AvgIpc) is 2.41. The van der Waals surface area contributed by atoms with Gasteiger partial charge in [-0.15, -0.1) is 0 Å². The van der Waals surface area contributed by atoms with Crippen LogP contribution in [0, 0.1) is 15.9 Å². The van der Waals surface area contributed by atoms with Crippen LogP contribution in [0.1, 0.15) is 18.7 Å². The largest absolute Gasteiger partial charge is 0.371 e. The molecule has 1 atom stereocenters. The van der Waals surface area contributed by atoms with Gasteiger partial charge in [0.25, 0.3) is 5.69 Å². The van der Waals surface area contributed by atoms with Gasteiger partial charge in [0.15, 0.2) is 0 Å². The normalized spacial score (nSPS) is 11.9. The fourth-order valence-electron chi connectivity index (χ4n) is 1.62. The Kier molecular flexibility index (Phi) is 3.65. The third-order valence-corrected chi connectivity index (χ3v) is 2.56. The standard InChI is InChI=1S/C12H11FN4O2/c1-8(11-7-14-4-5-15-11)16-10-3-2-9(13)6-12(10)17(18)19/h2-8,16H,1H3. The van der Waals surface area contributed by atoms with Gasteiger partial charge in [0.05, 0.1) is 28.9 Å². The maximum atomic E-state index is 13.0. The van der Waals surface area contributed by atoms with Crippen LogP contribution >= 0.6 is 0 Å². The molecule has 0 aliphatic rings. The molecule has 19 heavy (non-hydrogen) atoms. The first kappa shape index (κ1) is 12.9. The highest BCUT2D eigenvalue weighted by atomic mass is 19.1. The van der Waals surface area contributed by atoms with Gasteiger partial charge in [-0.1, -0.05) is 0 Å². The fourth-order valence-corrected chi connectivity index (χ4v) is 1.62. The molecular weight excluding hydrogens is 251 g/mol. The number of nitro groups is 1. The first-order chi connectivity index (χ1) is 9.08. The van der Waals surface area contributed by atoms with E-state index in [0.717, 1.165) is 6.07 Å². The maximum Gasteiger partial charge on any atom is 0.295 e. The zero-order chi connectivity index (χ0) is 13.8. The summed E-state index contributed by atoms with van der Waals surface area (Å²) in [6, 6.07) is 3.10. The third kappa shape index (κ3) is 3.01. The van der Waals surface area contributed by atoms with Crippen molar-refractivity contribution < 1.29 is 9.31 Å². The van der Waals surface area contributed by atoms with E-state index in [9.17, 15) is 14.5 Å². The van der Waals surface area contributed by atoms with Crippen molar-refractivity contribution in [3.05, 3.63) is 58.4 Å². The second-order valence-electron chi connectivity index (χ2n) is 3.91. The van der Waals surface area contributed by atoms with Gasteiger partial charge in [0.2, 0.25) is 0 Å². The Morgan fingerprint density at radius 1 is 1.42 bits per heavy atom. The lowest BCUT2D eigenvalue weighted by Gasteiger charge is -2.14. The maximum absolute atomic E-state index is 13.0. The van der Waals surface area contributed by atoms with E-state index >= 15 is 0 Å². The molecular formula is C12H11FN4O2. The number of rotatable bonds is 4. The number of hydrogen-bond donors (Lipinski definition) is 1. The van der Waals surface area contributed by atoms with Gasteiger partial charge in [0, 0.05) is 12.4 Å². The monoisotopic (exact) mass is 262 g/mol. The number of nitro benzene ring substituents is 1. The number of nitrogens with zero attached hydrogens (tertiary/aromatic N) is 3. The van der Waals surface area contributed by atoms with Crippen LogP contribution in [0.25, 0.3) is 0 Å². The Hall–Kier alpha value is -2.57. The fraction of sp³-hybridized carbons (Fsp3) is 0.167. The van der Waals surface area contributed by atoms with E-state index in [-0.39, 0.29) is 17.4 Å².